The number of rotatable bonds is 3. The molecule has 0 N–H and O–H groups in total. The third-order valence-electron chi connectivity index (χ3n) is 7.89. The van der Waals surface area contributed by atoms with Crippen LogP contribution in [0.25, 0.3) is 69.9 Å². The van der Waals surface area contributed by atoms with E-state index in [9.17, 15) is 0 Å². The second-order valence-corrected chi connectivity index (χ2v) is 11.2. The van der Waals surface area contributed by atoms with Crippen LogP contribution in [0, 0.1) is 12.3 Å². The van der Waals surface area contributed by atoms with Crippen molar-refractivity contribution < 1.29 is 0 Å². The molecular weight excluding hydrogens is 502 g/mol. The van der Waals surface area contributed by atoms with Crippen molar-refractivity contribution in [2.75, 3.05) is 0 Å². The fraction of sp³-hybridized carbons (Fsp3) is 0. The normalized spacial score (nSPS) is 11.5. The maximum absolute atomic E-state index is 5.57. The minimum absolute atomic E-state index is 0.900. The van der Waals surface area contributed by atoms with E-state index >= 15 is 0 Å². The van der Waals surface area contributed by atoms with Crippen LogP contribution in [-0.2, 0) is 0 Å². The molecule has 0 fully saturated rings. The van der Waals surface area contributed by atoms with Gasteiger partial charge in [0.1, 0.15) is 0 Å². The van der Waals surface area contributed by atoms with Gasteiger partial charge in [-0.2, -0.15) is 0 Å². The van der Waals surface area contributed by atoms with Gasteiger partial charge in [-0.3, -0.25) is 0 Å². The maximum Gasteiger partial charge on any atom is 0.0541 e. The van der Waals surface area contributed by atoms with Gasteiger partial charge in [0, 0.05) is 42.1 Å². The highest BCUT2D eigenvalue weighted by molar-refractivity contribution is 7.25. The summed E-state index contributed by atoms with van der Waals surface area (Å²) >= 11 is 1.85. The minimum Gasteiger partial charge on any atom is -0.309 e. The van der Waals surface area contributed by atoms with E-state index in [1.54, 1.807) is 0 Å². The van der Waals surface area contributed by atoms with E-state index in [0.29, 0.717) is 0 Å². The van der Waals surface area contributed by atoms with E-state index < -0.39 is 0 Å². The van der Waals surface area contributed by atoms with Crippen LogP contribution in [0.2, 0.25) is 0 Å². The van der Waals surface area contributed by atoms with Crippen LogP contribution >= 0.6 is 11.3 Å². The molecule has 0 radical (unpaired) electrons. The Morgan fingerprint density at radius 1 is 0.500 bits per heavy atom. The molecule has 186 valence electrons. The Labute approximate surface area is 236 Å². The first-order chi connectivity index (χ1) is 19.8. The molecule has 0 aliphatic carbocycles. The molecule has 0 saturated heterocycles. The SMILES string of the molecule is C#Cc1ccc(-c2ccc3sc4ccc(-c5ccccc5-n5c6ccccc6c6ccccc65)cc4c3c2)cc1. The molecule has 2 heterocycles. The van der Waals surface area contributed by atoms with E-state index in [0.717, 1.165) is 5.56 Å². The second-order valence-electron chi connectivity index (χ2n) is 10.1. The monoisotopic (exact) mass is 525 g/mol. The van der Waals surface area contributed by atoms with Crippen LogP contribution in [0.15, 0.2) is 133 Å². The van der Waals surface area contributed by atoms with Crippen molar-refractivity contribution in [1.29, 1.82) is 0 Å². The smallest absolute Gasteiger partial charge is 0.0541 e. The number of terminal acetylenes is 1. The molecule has 0 bridgehead atoms. The van der Waals surface area contributed by atoms with Crippen LogP contribution in [0.5, 0.6) is 0 Å². The van der Waals surface area contributed by atoms with Crippen molar-refractivity contribution in [2.24, 2.45) is 0 Å². The van der Waals surface area contributed by atoms with Crippen LogP contribution in [-0.4, -0.2) is 4.57 Å². The molecule has 0 atom stereocenters. The van der Waals surface area contributed by atoms with Crippen molar-refractivity contribution in [3.63, 3.8) is 0 Å². The lowest BCUT2D eigenvalue weighted by Gasteiger charge is -2.14. The Morgan fingerprint density at radius 2 is 1.05 bits per heavy atom. The zero-order valence-corrected chi connectivity index (χ0v) is 22.5. The average Bonchev–Trinajstić information content (AvgIpc) is 3.56. The van der Waals surface area contributed by atoms with Gasteiger partial charge in [0.05, 0.1) is 16.7 Å². The molecule has 0 aliphatic heterocycles. The Kier molecular flexibility index (Phi) is 5.13. The van der Waals surface area contributed by atoms with Gasteiger partial charge in [0.2, 0.25) is 0 Å². The molecule has 0 amide bonds. The molecule has 8 aromatic rings. The highest BCUT2D eigenvalue weighted by atomic mass is 32.1. The quantitative estimate of drug-likeness (QED) is 0.202. The summed E-state index contributed by atoms with van der Waals surface area (Å²) in [5.41, 5.74) is 9.34. The summed E-state index contributed by atoms with van der Waals surface area (Å²) in [6.45, 7) is 0. The summed E-state index contributed by atoms with van der Waals surface area (Å²) in [6, 6.07) is 48.1. The first-order valence-electron chi connectivity index (χ1n) is 13.4. The van der Waals surface area contributed by atoms with E-state index in [2.05, 4.69) is 132 Å². The predicted octanol–water partition coefficient (Wildman–Crippen LogP) is 10.5. The van der Waals surface area contributed by atoms with Crippen molar-refractivity contribution >= 4 is 53.3 Å². The van der Waals surface area contributed by atoms with Gasteiger partial charge in [-0.1, -0.05) is 84.8 Å². The van der Waals surface area contributed by atoms with E-state index in [1.807, 2.05) is 23.5 Å². The summed E-state index contributed by atoms with van der Waals surface area (Å²) in [7, 11) is 0. The topological polar surface area (TPSA) is 4.93 Å². The molecule has 0 unspecified atom stereocenters. The molecule has 6 aromatic carbocycles. The third-order valence-corrected chi connectivity index (χ3v) is 9.04. The average molecular weight is 526 g/mol. The Balaban J connectivity index is 1.33. The molecule has 1 nitrogen and oxygen atoms in total. The van der Waals surface area contributed by atoms with Gasteiger partial charge in [-0.05, 0) is 71.3 Å². The van der Waals surface area contributed by atoms with Gasteiger partial charge in [-0.25, -0.2) is 0 Å². The largest absolute Gasteiger partial charge is 0.309 e. The Morgan fingerprint density at radius 3 is 1.73 bits per heavy atom. The number of hydrogen-bond donors (Lipinski definition) is 0. The van der Waals surface area contributed by atoms with Gasteiger partial charge < -0.3 is 4.57 Å². The maximum atomic E-state index is 5.57. The van der Waals surface area contributed by atoms with Gasteiger partial charge >= 0.3 is 0 Å². The lowest BCUT2D eigenvalue weighted by Crippen LogP contribution is -1.96. The molecule has 40 heavy (non-hydrogen) atoms. The van der Waals surface area contributed by atoms with Gasteiger partial charge in [-0.15, -0.1) is 17.8 Å². The van der Waals surface area contributed by atoms with Crippen LogP contribution in [0.1, 0.15) is 5.56 Å². The lowest BCUT2D eigenvalue weighted by molar-refractivity contribution is 1.18. The van der Waals surface area contributed by atoms with E-state index in [4.69, 9.17) is 6.42 Å². The summed E-state index contributed by atoms with van der Waals surface area (Å²) in [6.07, 6.45) is 5.57. The van der Waals surface area contributed by atoms with Crippen molar-refractivity contribution in [3.05, 3.63) is 139 Å². The molecule has 0 spiro atoms. The zero-order chi connectivity index (χ0) is 26.6. The minimum atomic E-state index is 0.900. The Hall–Kier alpha value is -5.10. The van der Waals surface area contributed by atoms with Crippen LogP contribution in [0.4, 0.5) is 0 Å². The molecule has 0 aliphatic rings. The highest BCUT2D eigenvalue weighted by Gasteiger charge is 2.16. The van der Waals surface area contributed by atoms with Gasteiger partial charge in [0.25, 0.3) is 0 Å². The second kappa shape index (κ2) is 8.99. The van der Waals surface area contributed by atoms with Crippen molar-refractivity contribution in [1.82, 2.24) is 4.57 Å². The van der Waals surface area contributed by atoms with Crippen molar-refractivity contribution in [2.45, 2.75) is 0 Å². The summed E-state index contributed by atoms with van der Waals surface area (Å²) < 4.78 is 5.01. The highest BCUT2D eigenvalue weighted by Crippen LogP contribution is 2.41. The Bertz CT molecular complexity index is 2220. The summed E-state index contributed by atoms with van der Waals surface area (Å²) in [4.78, 5) is 0. The van der Waals surface area contributed by atoms with E-state index in [1.165, 1.54) is 69.9 Å². The zero-order valence-electron chi connectivity index (χ0n) is 21.6. The molecule has 2 heteroatoms. The number of thiophene rings is 1. The standard InChI is InChI=1S/C38H23NS/c1-2-25-15-17-26(18-16-25)27-19-21-37-32(23-27)33-24-28(20-22-38(33)40-37)29-9-3-6-12-34(29)39-35-13-7-4-10-30(35)31-11-5-8-14-36(31)39/h1,3-24H. The summed E-state index contributed by atoms with van der Waals surface area (Å²) in [5, 5.41) is 5.12. The number of nitrogens with zero attached hydrogens (tertiary/aromatic N) is 1. The molecular formula is C38H23NS. The molecule has 8 rings (SSSR count). The molecule has 2 aromatic heterocycles. The number of aromatic nitrogens is 1. The number of para-hydroxylation sites is 3. The fourth-order valence-corrected chi connectivity index (χ4v) is 7.04. The third kappa shape index (κ3) is 3.49. The molecule has 0 saturated carbocycles. The fourth-order valence-electron chi connectivity index (χ4n) is 5.98. The van der Waals surface area contributed by atoms with Crippen molar-refractivity contribution in [3.8, 4) is 40.3 Å². The first-order valence-corrected chi connectivity index (χ1v) is 14.2. The summed E-state index contributed by atoms with van der Waals surface area (Å²) in [5.74, 6) is 2.71. The van der Waals surface area contributed by atoms with Crippen LogP contribution < -0.4 is 0 Å². The number of benzene rings is 6. The lowest BCUT2D eigenvalue weighted by atomic mass is 9.99. The van der Waals surface area contributed by atoms with Crippen LogP contribution in [0.3, 0.4) is 0 Å². The predicted molar refractivity (Wildman–Crippen MR) is 172 cm³/mol. The number of hydrogen-bond acceptors (Lipinski definition) is 1. The van der Waals surface area contributed by atoms with Gasteiger partial charge in [0.15, 0.2) is 0 Å². The first kappa shape index (κ1) is 22.8. The van der Waals surface area contributed by atoms with E-state index in [-0.39, 0.29) is 0 Å². The number of fused-ring (bicyclic) bond motifs is 6.